The second kappa shape index (κ2) is 9.41. The fraction of sp³-hybridized carbons (Fsp3) is 1.00. The summed E-state index contributed by atoms with van der Waals surface area (Å²) in [5, 5.41) is 0. The summed E-state index contributed by atoms with van der Waals surface area (Å²) in [5.41, 5.74) is 0. The Labute approximate surface area is 97.7 Å². The summed E-state index contributed by atoms with van der Waals surface area (Å²) in [5.74, 6) is 0. The molecule has 1 nitrogen and oxygen atoms in total. The van der Waals surface area contributed by atoms with E-state index < -0.39 is 8.32 Å². The fourth-order valence-corrected chi connectivity index (χ4v) is 3.78. The van der Waals surface area contributed by atoms with Crippen LogP contribution in [0.25, 0.3) is 0 Å². The SMILES string of the molecule is CCCCCCCO[Si](C)(C)CCCC. The minimum Gasteiger partial charge on any atom is -0.417 e. The molecule has 92 valence electrons. The molecular formula is C13H30OSi. The fourth-order valence-electron chi connectivity index (χ4n) is 1.73. The third kappa shape index (κ3) is 10.5. The smallest absolute Gasteiger partial charge is 0.186 e. The second-order valence-electron chi connectivity index (χ2n) is 5.13. The summed E-state index contributed by atoms with van der Waals surface area (Å²) in [6.07, 6.45) is 9.37. The van der Waals surface area contributed by atoms with Crippen molar-refractivity contribution < 1.29 is 4.43 Å². The van der Waals surface area contributed by atoms with Gasteiger partial charge < -0.3 is 4.43 Å². The largest absolute Gasteiger partial charge is 0.417 e. The minimum atomic E-state index is -1.29. The summed E-state index contributed by atoms with van der Waals surface area (Å²) >= 11 is 0. The highest BCUT2D eigenvalue weighted by Gasteiger charge is 2.20. The summed E-state index contributed by atoms with van der Waals surface area (Å²) in [6.45, 7) is 10.2. The lowest BCUT2D eigenvalue weighted by Gasteiger charge is -2.22. The maximum Gasteiger partial charge on any atom is 0.186 e. The van der Waals surface area contributed by atoms with Crippen molar-refractivity contribution in [3.8, 4) is 0 Å². The van der Waals surface area contributed by atoms with Crippen LogP contribution in [-0.2, 0) is 4.43 Å². The van der Waals surface area contributed by atoms with Crippen LogP contribution < -0.4 is 0 Å². The van der Waals surface area contributed by atoms with E-state index in [0.717, 1.165) is 6.61 Å². The third-order valence-corrected chi connectivity index (χ3v) is 5.42. The van der Waals surface area contributed by atoms with Crippen LogP contribution in [0.5, 0.6) is 0 Å². The van der Waals surface area contributed by atoms with Gasteiger partial charge in [-0.3, -0.25) is 0 Å². The van der Waals surface area contributed by atoms with E-state index in [1.165, 1.54) is 51.0 Å². The molecule has 0 aromatic heterocycles. The molecule has 0 saturated carbocycles. The molecule has 0 fully saturated rings. The molecule has 0 N–H and O–H groups in total. The summed E-state index contributed by atoms with van der Waals surface area (Å²) < 4.78 is 6.05. The maximum atomic E-state index is 6.05. The van der Waals surface area contributed by atoms with Gasteiger partial charge in [-0.25, -0.2) is 0 Å². The van der Waals surface area contributed by atoms with Crippen LogP contribution in [0.2, 0.25) is 19.1 Å². The first-order chi connectivity index (χ1) is 7.12. The molecule has 2 heteroatoms. The van der Waals surface area contributed by atoms with Crippen molar-refractivity contribution >= 4 is 8.32 Å². The van der Waals surface area contributed by atoms with Gasteiger partial charge in [0.25, 0.3) is 0 Å². The molecule has 15 heavy (non-hydrogen) atoms. The van der Waals surface area contributed by atoms with Gasteiger partial charge in [-0.1, -0.05) is 52.4 Å². The molecule has 0 aliphatic carbocycles. The quantitative estimate of drug-likeness (QED) is 0.380. The molecule has 0 spiro atoms. The first-order valence-corrected chi connectivity index (χ1v) is 9.88. The van der Waals surface area contributed by atoms with Crippen LogP contribution in [0.1, 0.15) is 58.8 Å². The highest BCUT2D eigenvalue weighted by atomic mass is 28.4. The lowest BCUT2D eigenvalue weighted by Crippen LogP contribution is -2.30. The third-order valence-electron chi connectivity index (χ3n) is 2.87. The van der Waals surface area contributed by atoms with Gasteiger partial charge >= 0.3 is 0 Å². The Balaban J connectivity index is 3.32. The zero-order valence-electron chi connectivity index (χ0n) is 11.3. The molecule has 0 bridgehead atoms. The van der Waals surface area contributed by atoms with Crippen LogP contribution >= 0.6 is 0 Å². The van der Waals surface area contributed by atoms with Gasteiger partial charge in [0.1, 0.15) is 0 Å². The van der Waals surface area contributed by atoms with E-state index in [0.29, 0.717) is 0 Å². The van der Waals surface area contributed by atoms with Gasteiger partial charge in [0, 0.05) is 6.61 Å². The summed E-state index contributed by atoms with van der Waals surface area (Å²) in [7, 11) is -1.29. The van der Waals surface area contributed by atoms with Gasteiger partial charge in [-0.2, -0.15) is 0 Å². The number of unbranched alkanes of at least 4 members (excludes halogenated alkanes) is 5. The predicted molar refractivity (Wildman–Crippen MR) is 71.9 cm³/mol. The van der Waals surface area contributed by atoms with Gasteiger partial charge in [-0.05, 0) is 25.6 Å². The maximum absolute atomic E-state index is 6.05. The molecular weight excluding hydrogens is 200 g/mol. The Morgan fingerprint density at radius 1 is 0.800 bits per heavy atom. The summed E-state index contributed by atoms with van der Waals surface area (Å²) in [4.78, 5) is 0. The minimum absolute atomic E-state index is 1.01. The number of rotatable bonds is 10. The Morgan fingerprint density at radius 2 is 1.40 bits per heavy atom. The Hall–Kier alpha value is 0.177. The zero-order valence-corrected chi connectivity index (χ0v) is 12.3. The highest BCUT2D eigenvalue weighted by molar-refractivity contribution is 6.71. The van der Waals surface area contributed by atoms with Crippen molar-refractivity contribution in [2.24, 2.45) is 0 Å². The number of hydrogen-bond acceptors (Lipinski definition) is 1. The van der Waals surface area contributed by atoms with E-state index in [4.69, 9.17) is 4.43 Å². The van der Waals surface area contributed by atoms with E-state index in [-0.39, 0.29) is 0 Å². The molecule has 0 atom stereocenters. The molecule has 0 aromatic rings. The van der Waals surface area contributed by atoms with Crippen LogP contribution in [-0.4, -0.2) is 14.9 Å². The first-order valence-electron chi connectivity index (χ1n) is 6.76. The number of hydrogen-bond donors (Lipinski definition) is 0. The molecule has 0 heterocycles. The monoisotopic (exact) mass is 230 g/mol. The van der Waals surface area contributed by atoms with Gasteiger partial charge in [0.15, 0.2) is 8.32 Å². The van der Waals surface area contributed by atoms with Crippen LogP contribution in [0.3, 0.4) is 0 Å². The molecule has 0 rings (SSSR count). The normalized spacial score (nSPS) is 12.0. The van der Waals surface area contributed by atoms with E-state index in [1.54, 1.807) is 0 Å². The van der Waals surface area contributed by atoms with E-state index in [2.05, 4.69) is 26.9 Å². The molecule has 0 saturated heterocycles. The van der Waals surface area contributed by atoms with Crippen LogP contribution in [0.15, 0.2) is 0 Å². The van der Waals surface area contributed by atoms with Crippen molar-refractivity contribution in [3.63, 3.8) is 0 Å². The zero-order chi connectivity index (χ0) is 11.6. The van der Waals surface area contributed by atoms with Crippen LogP contribution in [0.4, 0.5) is 0 Å². The van der Waals surface area contributed by atoms with Crippen molar-refractivity contribution in [2.75, 3.05) is 6.61 Å². The van der Waals surface area contributed by atoms with Gasteiger partial charge in [0.05, 0.1) is 0 Å². The second-order valence-corrected chi connectivity index (χ2v) is 9.43. The Bertz CT molecular complexity index is 134. The average Bonchev–Trinajstić information content (AvgIpc) is 2.20. The summed E-state index contributed by atoms with van der Waals surface area (Å²) in [6, 6.07) is 1.33. The topological polar surface area (TPSA) is 9.23 Å². The van der Waals surface area contributed by atoms with Crippen molar-refractivity contribution in [3.05, 3.63) is 0 Å². The van der Waals surface area contributed by atoms with Crippen molar-refractivity contribution in [1.29, 1.82) is 0 Å². The standard InChI is InChI=1S/C13H30OSi/c1-5-7-9-10-11-12-14-15(3,4)13-8-6-2/h5-13H2,1-4H3. The molecule has 0 radical (unpaired) electrons. The molecule has 0 aliphatic heterocycles. The Kier molecular flexibility index (Phi) is 9.52. The lowest BCUT2D eigenvalue weighted by atomic mass is 10.2. The average molecular weight is 230 g/mol. The lowest BCUT2D eigenvalue weighted by molar-refractivity contribution is 0.293. The van der Waals surface area contributed by atoms with E-state index >= 15 is 0 Å². The van der Waals surface area contributed by atoms with Gasteiger partial charge in [-0.15, -0.1) is 0 Å². The molecule has 0 aromatic carbocycles. The van der Waals surface area contributed by atoms with Gasteiger partial charge in [0.2, 0.25) is 0 Å². The van der Waals surface area contributed by atoms with E-state index in [1.807, 2.05) is 0 Å². The van der Waals surface area contributed by atoms with E-state index in [9.17, 15) is 0 Å². The predicted octanol–water partition coefficient (Wildman–Crippen LogP) is 4.98. The first kappa shape index (κ1) is 15.2. The molecule has 0 aliphatic rings. The van der Waals surface area contributed by atoms with Crippen LogP contribution in [0, 0.1) is 0 Å². The molecule has 0 unspecified atom stereocenters. The Morgan fingerprint density at radius 3 is 2.00 bits per heavy atom. The highest BCUT2D eigenvalue weighted by Crippen LogP contribution is 2.15. The molecule has 0 amide bonds. The van der Waals surface area contributed by atoms with Crippen molar-refractivity contribution in [2.45, 2.75) is 77.9 Å². The van der Waals surface area contributed by atoms with Crippen molar-refractivity contribution in [1.82, 2.24) is 0 Å².